The third kappa shape index (κ3) is 9.06. The molecule has 3 N–H and O–H groups in total. The summed E-state index contributed by atoms with van der Waals surface area (Å²) in [6, 6.07) is 13.2. The van der Waals surface area contributed by atoms with Crippen molar-refractivity contribution in [2.24, 2.45) is 11.8 Å². The minimum atomic E-state index is -4.08. The van der Waals surface area contributed by atoms with Crippen LogP contribution in [0.3, 0.4) is 0 Å². The van der Waals surface area contributed by atoms with Gasteiger partial charge in [0.05, 0.1) is 46.5 Å². The highest BCUT2D eigenvalue weighted by Gasteiger charge is 2.43. The summed E-state index contributed by atoms with van der Waals surface area (Å²) in [7, 11) is -0.502. The molecule has 1 saturated carbocycles. The largest absolute Gasteiger partial charge is 0.443 e. The fraction of sp³-hybridized carbons (Fsp3) is 0.545. The number of alkyl carbamates (subject to hydrolysis) is 1. The minimum absolute atomic E-state index is 0.0464. The van der Waals surface area contributed by atoms with E-state index in [0.717, 1.165) is 24.8 Å². The quantitative estimate of drug-likeness (QED) is 0.231. The lowest BCUT2D eigenvalue weighted by Crippen LogP contribution is -2.51. The van der Waals surface area contributed by atoms with Gasteiger partial charge in [-0.2, -0.15) is 4.31 Å². The van der Waals surface area contributed by atoms with Crippen molar-refractivity contribution in [3.8, 4) is 0 Å². The number of aromatic nitrogens is 1. The fourth-order valence-corrected chi connectivity index (χ4v) is 8.90. The second kappa shape index (κ2) is 15.4. The van der Waals surface area contributed by atoms with Crippen LogP contribution in [-0.2, 0) is 30.7 Å². The molecule has 1 saturated heterocycles. The number of carbonyl (C=O) groups is 2. The number of thiazole rings is 1. The first-order valence-electron chi connectivity index (χ1n) is 16.0. The van der Waals surface area contributed by atoms with Crippen LogP contribution in [0.4, 0.5) is 9.93 Å². The van der Waals surface area contributed by atoms with Gasteiger partial charge in [-0.05, 0) is 63.0 Å². The van der Waals surface area contributed by atoms with Gasteiger partial charge in [-0.25, -0.2) is 18.2 Å². The number of aliphatic hydroxyl groups excluding tert-OH is 1. The molecule has 5 unspecified atom stereocenters. The maximum absolute atomic E-state index is 14.1. The van der Waals surface area contributed by atoms with E-state index in [1.54, 1.807) is 31.1 Å². The molecule has 3 aromatic rings. The molecule has 2 heterocycles. The van der Waals surface area contributed by atoms with Crippen molar-refractivity contribution in [2.75, 3.05) is 45.7 Å². The molecule has 2 fully saturated rings. The summed E-state index contributed by atoms with van der Waals surface area (Å²) < 4.78 is 41.6. The number of fused-ring (bicyclic) bond motifs is 2. The topological polar surface area (TPSA) is 150 Å². The molecule has 2 amide bonds. The SMILES string of the molecule is CC(C)CN(CC(O)C(Cc1ccccc1)NC(=O)OC1COC2CCCC21)S(=O)(=O)c1ccc2nc(NC(=O)CN(C)C)sc2c1. The van der Waals surface area contributed by atoms with Crippen LogP contribution in [0.5, 0.6) is 0 Å². The van der Waals surface area contributed by atoms with Gasteiger partial charge < -0.3 is 30.1 Å². The summed E-state index contributed by atoms with van der Waals surface area (Å²) >= 11 is 1.19. The first kappa shape index (κ1) is 35.2. The Morgan fingerprint density at radius 2 is 1.89 bits per heavy atom. The normalized spacial score (nSPS) is 20.9. The number of nitrogens with one attached hydrogen (secondary N) is 2. The predicted octanol–water partition coefficient (Wildman–Crippen LogP) is 3.71. The van der Waals surface area contributed by atoms with E-state index >= 15 is 0 Å². The number of rotatable bonds is 14. The first-order valence-corrected chi connectivity index (χ1v) is 18.3. The number of benzene rings is 2. The van der Waals surface area contributed by atoms with Gasteiger partial charge in [0, 0.05) is 19.0 Å². The van der Waals surface area contributed by atoms with Crippen molar-refractivity contribution < 1.29 is 32.6 Å². The van der Waals surface area contributed by atoms with E-state index in [0.29, 0.717) is 22.0 Å². The lowest BCUT2D eigenvalue weighted by molar-refractivity contribution is -0.116. The van der Waals surface area contributed by atoms with Crippen LogP contribution in [0.2, 0.25) is 0 Å². The fourth-order valence-electron chi connectivity index (χ4n) is 6.25. The summed E-state index contributed by atoms with van der Waals surface area (Å²) in [6.07, 6.45) is 1.08. The van der Waals surface area contributed by atoms with Crippen LogP contribution in [0.1, 0.15) is 38.7 Å². The van der Waals surface area contributed by atoms with E-state index in [9.17, 15) is 23.1 Å². The Balaban J connectivity index is 1.34. The molecule has 5 rings (SSSR count). The number of anilines is 1. The van der Waals surface area contributed by atoms with Crippen LogP contribution in [0.15, 0.2) is 53.4 Å². The smallest absolute Gasteiger partial charge is 0.407 e. The van der Waals surface area contributed by atoms with Crippen LogP contribution < -0.4 is 10.6 Å². The molecule has 1 aliphatic carbocycles. The molecule has 0 bridgehead atoms. The molecular formula is C33H45N5O7S2. The average molecular weight is 688 g/mol. The van der Waals surface area contributed by atoms with Gasteiger partial charge in [0.1, 0.15) is 6.10 Å². The summed E-state index contributed by atoms with van der Waals surface area (Å²) in [4.78, 5) is 31.6. The number of nitrogens with zero attached hydrogens (tertiary/aromatic N) is 3. The highest BCUT2D eigenvalue weighted by Crippen LogP contribution is 2.37. The number of hydrogen-bond donors (Lipinski definition) is 3. The zero-order valence-electron chi connectivity index (χ0n) is 27.3. The number of sulfonamides is 1. The van der Waals surface area contributed by atoms with Crippen LogP contribution in [0.25, 0.3) is 10.2 Å². The average Bonchev–Trinajstić information content (AvgIpc) is 3.73. The van der Waals surface area contributed by atoms with Crippen molar-refractivity contribution in [2.45, 2.75) is 68.8 Å². The van der Waals surface area contributed by atoms with Gasteiger partial charge in [-0.15, -0.1) is 0 Å². The zero-order valence-corrected chi connectivity index (χ0v) is 28.9. The van der Waals surface area contributed by atoms with E-state index in [1.165, 1.54) is 21.7 Å². The molecular weight excluding hydrogens is 643 g/mol. The summed E-state index contributed by atoms with van der Waals surface area (Å²) in [5.74, 6) is -0.0955. The number of aliphatic hydroxyl groups is 1. The molecule has 5 atom stereocenters. The number of ether oxygens (including phenoxy) is 2. The Kier molecular flexibility index (Phi) is 11.5. The molecule has 2 aliphatic rings. The summed E-state index contributed by atoms with van der Waals surface area (Å²) in [5.41, 5.74) is 1.44. The lowest BCUT2D eigenvalue weighted by atomic mass is 10.0. The number of amides is 2. The van der Waals surface area contributed by atoms with Gasteiger partial charge in [0.25, 0.3) is 0 Å². The molecule has 256 valence electrons. The Bertz CT molecular complexity index is 1630. The zero-order chi connectivity index (χ0) is 33.7. The molecule has 0 spiro atoms. The Labute approximate surface area is 280 Å². The second-order valence-corrected chi connectivity index (χ2v) is 16.0. The van der Waals surface area contributed by atoms with E-state index in [1.807, 2.05) is 44.2 Å². The molecule has 1 aliphatic heterocycles. The minimum Gasteiger partial charge on any atom is -0.443 e. The van der Waals surface area contributed by atoms with Gasteiger partial charge in [0.15, 0.2) is 5.13 Å². The lowest BCUT2D eigenvalue weighted by Gasteiger charge is -2.31. The maximum atomic E-state index is 14.1. The standard InChI is InChI=1S/C33H45N5O7S2/c1-21(2)17-38(47(42,43)23-13-14-25-30(16-23)46-32(34-25)36-31(40)19-37(3)4)18-27(39)26(15-22-9-6-5-7-10-22)35-33(41)45-29-20-44-28-12-8-11-24(28)29/h5-7,9-10,13-14,16,21,24,26-29,39H,8,11-12,15,17-20H2,1-4H3,(H,35,41)(H,34,36,40). The van der Waals surface area contributed by atoms with E-state index in [4.69, 9.17) is 9.47 Å². The van der Waals surface area contributed by atoms with Crippen molar-refractivity contribution in [1.82, 2.24) is 19.5 Å². The van der Waals surface area contributed by atoms with E-state index in [-0.39, 0.29) is 60.9 Å². The molecule has 1 aromatic heterocycles. The Morgan fingerprint density at radius 1 is 1.13 bits per heavy atom. The van der Waals surface area contributed by atoms with E-state index < -0.39 is 28.3 Å². The molecule has 14 heteroatoms. The Morgan fingerprint density at radius 3 is 2.62 bits per heavy atom. The number of hydrogen-bond acceptors (Lipinski definition) is 10. The highest BCUT2D eigenvalue weighted by atomic mass is 32.2. The third-order valence-corrected chi connectivity index (χ3v) is 11.2. The summed E-state index contributed by atoms with van der Waals surface area (Å²) in [6.45, 7) is 4.25. The molecule has 12 nitrogen and oxygen atoms in total. The first-order chi connectivity index (χ1) is 22.4. The molecule has 0 radical (unpaired) electrons. The molecule has 2 aromatic carbocycles. The van der Waals surface area contributed by atoms with Gasteiger partial charge in [-0.3, -0.25) is 4.79 Å². The number of carbonyl (C=O) groups excluding carboxylic acids is 2. The van der Waals surface area contributed by atoms with Crippen LogP contribution in [0, 0.1) is 11.8 Å². The van der Waals surface area contributed by atoms with Gasteiger partial charge in [0.2, 0.25) is 15.9 Å². The second-order valence-electron chi connectivity index (χ2n) is 13.1. The van der Waals surface area contributed by atoms with Crippen LogP contribution in [-0.4, -0.2) is 104 Å². The number of likely N-dealkylation sites (N-methyl/N-ethyl adjacent to an activating group) is 1. The van der Waals surface area contributed by atoms with Crippen LogP contribution >= 0.6 is 11.3 Å². The monoisotopic (exact) mass is 687 g/mol. The van der Waals surface area contributed by atoms with Crippen molar-refractivity contribution in [3.05, 3.63) is 54.1 Å². The van der Waals surface area contributed by atoms with Crippen molar-refractivity contribution in [3.63, 3.8) is 0 Å². The maximum Gasteiger partial charge on any atom is 0.407 e. The molecule has 47 heavy (non-hydrogen) atoms. The third-order valence-electron chi connectivity index (χ3n) is 8.44. The van der Waals surface area contributed by atoms with Gasteiger partial charge in [-0.1, -0.05) is 61.9 Å². The Hall–Kier alpha value is -3.14. The van der Waals surface area contributed by atoms with E-state index in [2.05, 4.69) is 15.6 Å². The highest BCUT2D eigenvalue weighted by molar-refractivity contribution is 7.89. The van der Waals surface area contributed by atoms with Gasteiger partial charge >= 0.3 is 6.09 Å². The van der Waals surface area contributed by atoms with Crippen molar-refractivity contribution in [1.29, 1.82) is 0 Å². The summed E-state index contributed by atoms with van der Waals surface area (Å²) in [5, 5.41) is 17.6. The van der Waals surface area contributed by atoms with Crippen molar-refractivity contribution >= 4 is 48.7 Å². The predicted molar refractivity (Wildman–Crippen MR) is 181 cm³/mol.